The number of nitrogens with one attached hydrogen (secondary N) is 2. The van der Waals surface area contributed by atoms with E-state index in [9.17, 15) is 18.0 Å². The van der Waals surface area contributed by atoms with Crippen LogP contribution in [0, 0.1) is 12.8 Å². The molecule has 0 aliphatic heterocycles. The number of sulfonamides is 1. The summed E-state index contributed by atoms with van der Waals surface area (Å²) in [7, 11) is -3.63. The third kappa shape index (κ3) is 9.68. The van der Waals surface area contributed by atoms with Crippen LogP contribution < -0.4 is 16.4 Å². The SMILES string of the molecule is Cc1ccccc1C[C@H](NC(=O)c1cccnc1)C(=O)NCCCCCN(CC(C)C)S(=O)(=O)c1ccc(N)cc1. The maximum Gasteiger partial charge on any atom is 0.253 e. The summed E-state index contributed by atoms with van der Waals surface area (Å²) in [6.45, 7) is 7.17. The van der Waals surface area contributed by atoms with E-state index in [2.05, 4.69) is 15.6 Å². The van der Waals surface area contributed by atoms with Crippen LogP contribution in [0.4, 0.5) is 5.69 Å². The van der Waals surface area contributed by atoms with Crippen molar-refractivity contribution in [1.29, 1.82) is 0 Å². The quantitative estimate of drug-likeness (QED) is 0.184. The third-order valence-electron chi connectivity index (χ3n) is 6.70. The zero-order chi connectivity index (χ0) is 29.8. The molecule has 0 fully saturated rings. The Hall–Kier alpha value is -3.76. The topological polar surface area (TPSA) is 134 Å². The van der Waals surface area contributed by atoms with Crippen LogP contribution in [-0.4, -0.2) is 55.2 Å². The number of benzene rings is 2. The number of aryl methyl sites for hydroxylation is 1. The predicted molar refractivity (Wildman–Crippen MR) is 162 cm³/mol. The van der Waals surface area contributed by atoms with E-state index in [-0.39, 0.29) is 22.6 Å². The first-order valence-electron chi connectivity index (χ1n) is 14.0. The summed E-state index contributed by atoms with van der Waals surface area (Å²) in [5, 5.41) is 5.81. The lowest BCUT2D eigenvalue weighted by Crippen LogP contribution is -2.48. The molecule has 2 amide bonds. The van der Waals surface area contributed by atoms with Gasteiger partial charge in [-0.3, -0.25) is 14.6 Å². The van der Waals surface area contributed by atoms with Crippen LogP contribution in [0.2, 0.25) is 0 Å². The number of nitrogens with two attached hydrogens (primary N) is 1. The van der Waals surface area contributed by atoms with Crippen molar-refractivity contribution in [2.45, 2.75) is 57.4 Å². The smallest absolute Gasteiger partial charge is 0.253 e. The van der Waals surface area contributed by atoms with E-state index in [1.54, 1.807) is 30.5 Å². The third-order valence-corrected chi connectivity index (χ3v) is 8.58. The van der Waals surface area contributed by atoms with Gasteiger partial charge in [0.2, 0.25) is 15.9 Å². The van der Waals surface area contributed by atoms with E-state index < -0.39 is 16.1 Å². The van der Waals surface area contributed by atoms with E-state index in [1.807, 2.05) is 45.0 Å². The number of anilines is 1. The van der Waals surface area contributed by atoms with Crippen LogP contribution in [0.3, 0.4) is 0 Å². The zero-order valence-electron chi connectivity index (χ0n) is 24.0. The van der Waals surface area contributed by atoms with Crippen molar-refractivity contribution < 1.29 is 18.0 Å². The first-order chi connectivity index (χ1) is 19.6. The molecular formula is C31H41N5O4S. The summed E-state index contributed by atoms with van der Waals surface area (Å²) in [6.07, 6.45) is 5.48. The fourth-order valence-electron chi connectivity index (χ4n) is 4.44. The summed E-state index contributed by atoms with van der Waals surface area (Å²) in [6, 6.07) is 16.6. The fourth-order valence-corrected chi connectivity index (χ4v) is 6.08. The van der Waals surface area contributed by atoms with Crippen LogP contribution in [0.25, 0.3) is 0 Å². The summed E-state index contributed by atoms with van der Waals surface area (Å²) in [4.78, 5) is 30.2. The Morgan fingerprint density at radius 1 is 0.976 bits per heavy atom. The highest BCUT2D eigenvalue weighted by Gasteiger charge is 2.25. The highest BCUT2D eigenvalue weighted by Crippen LogP contribution is 2.19. The fraction of sp³-hybridized carbons (Fsp3) is 0.387. The molecule has 3 aromatic rings. The molecule has 9 nitrogen and oxygen atoms in total. The molecule has 0 aliphatic rings. The Bertz CT molecular complexity index is 1380. The minimum Gasteiger partial charge on any atom is -0.399 e. The maximum absolute atomic E-state index is 13.2. The van der Waals surface area contributed by atoms with Crippen LogP contribution in [0.1, 0.15) is 54.6 Å². The number of rotatable bonds is 15. The molecule has 0 saturated heterocycles. The lowest BCUT2D eigenvalue weighted by molar-refractivity contribution is -0.122. The Balaban J connectivity index is 1.55. The Morgan fingerprint density at radius 2 is 1.71 bits per heavy atom. The molecule has 2 aromatic carbocycles. The van der Waals surface area contributed by atoms with Gasteiger partial charge < -0.3 is 16.4 Å². The molecular weight excluding hydrogens is 538 g/mol. The van der Waals surface area contributed by atoms with Crippen molar-refractivity contribution in [1.82, 2.24) is 19.9 Å². The van der Waals surface area contributed by atoms with Gasteiger partial charge in [-0.2, -0.15) is 4.31 Å². The highest BCUT2D eigenvalue weighted by atomic mass is 32.2. The molecule has 3 rings (SSSR count). The van der Waals surface area contributed by atoms with Gasteiger partial charge in [0.25, 0.3) is 5.91 Å². The van der Waals surface area contributed by atoms with E-state index in [0.29, 0.717) is 50.1 Å². The second-order valence-electron chi connectivity index (χ2n) is 10.6. The van der Waals surface area contributed by atoms with E-state index >= 15 is 0 Å². The second kappa shape index (κ2) is 15.3. The molecule has 0 spiro atoms. The number of carbonyl (C=O) groups is 2. The minimum atomic E-state index is -3.63. The molecule has 220 valence electrons. The van der Waals surface area contributed by atoms with Gasteiger partial charge in [-0.05, 0) is 73.2 Å². The molecule has 0 unspecified atom stereocenters. The van der Waals surface area contributed by atoms with Gasteiger partial charge in [-0.25, -0.2) is 8.42 Å². The maximum atomic E-state index is 13.2. The Kier molecular flexibility index (Phi) is 11.9. The number of nitrogen functional groups attached to an aromatic ring is 1. The monoisotopic (exact) mass is 579 g/mol. The molecule has 1 atom stereocenters. The second-order valence-corrected chi connectivity index (χ2v) is 12.5. The van der Waals surface area contributed by atoms with Gasteiger partial charge >= 0.3 is 0 Å². The number of nitrogens with zero attached hydrogens (tertiary/aromatic N) is 2. The highest BCUT2D eigenvalue weighted by molar-refractivity contribution is 7.89. The molecule has 0 aliphatic carbocycles. The average molecular weight is 580 g/mol. The molecule has 0 bridgehead atoms. The van der Waals surface area contributed by atoms with Crippen molar-refractivity contribution in [3.63, 3.8) is 0 Å². The first-order valence-corrected chi connectivity index (χ1v) is 15.4. The predicted octanol–water partition coefficient (Wildman–Crippen LogP) is 3.95. The number of carbonyl (C=O) groups excluding carboxylic acids is 2. The van der Waals surface area contributed by atoms with Crippen molar-refractivity contribution >= 4 is 27.5 Å². The van der Waals surface area contributed by atoms with E-state index in [1.165, 1.54) is 22.6 Å². The summed E-state index contributed by atoms with van der Waals surface area (Å²) in [5.41, 5.74) is 8.65. The number of hydrogen-bond acceptors (Lipinski definition) is 6. The molecule has 41 heavy (non-hydrogen) atoms. The van der Waals surface area contributed by atoms with Crippen molar-refractivity contribution in [3.8, 4) is 0 Å². The van der Waals surface area contributed by atoms with Crippen molar-refractivity contribution in [3.05, 3.63) is 89.7 Å². The van der Waals surface area contributed by atoms with Crippen LogP contribution in [-0.2, 0) is 21.2 Å². The summed E-state index contributed by atoms with van der Waals surface area (Å²) >= 11 is 0. The van der Waals surface area contributed by atoms with Crippen molar-refractivity contribution in [2.75, 3.05) is 25.4 Å². The number of amides is 2. The van der Waals surface area contributed by atoms with E-state index in [0.717, 1.165) is 17.5 Å². The van der Waals surface area contributed by atoms with Crippen LogP contribution in [0.5, 0.6) is 0 Å². The largest absolute Gasteiger partial charge is 0.399 e. The normalized spacial score (nSPS) is 12.3. The zero-order valence-corrected chi connectivity index (χ0v) is 24.9. The molecule has 0 radical (unpaired) electrons. The molecule has 1 heterocycles. The van der Waals surface area contributed by atoms with Crippen LogP contribution in [0.15, 0.2) is 78.0 Å². The van der Waals surface area contributed by atoms with E-state index in [4.69, 9.17) is 5.73 Å². The average Bonchev–Trinajstić information content (AvgIpc) is 2.95. The molecule has 4 N–H and O–H groups in total. The first kappa shape index (κ1) is 31.8. The number of unbranched alkanes of at least 4 members (excludes halogenated alkanes) is 2. The summed E-state index contributed by atoms with van der Waals surface area (Å²) < 4.78 is 28.0. The Labute approximate surface area is 243 Å². The molecule has 10 heteroatoms. The number of aromatic nitrogens is 1. The lowest BCUT2D eigenvalue weighted by atomic mass is 10.00. The number of pyridine rings is 1. The van der Waals surface area contributed by atoms with Gasteiger partial charge in [0.05, 0.1) is 10.5 Å². The standard InChI is InChI=1S/C31H41N5O4S/c1-23(2)22-36(41(39,40)28-15-13-27(32)14-16-28)19-8-4-7-18-34-31(38)29(20-25-11-6-5-10-24(25)3)35-30(37)26-12-9-17-33-21-26/h5-6,9-17,21,23,29H,4,7-8,18-20,22,32H2,1-3H3,(H,34,38)(H,35,37)/t29-/m0/s1. The van der Waals surface area contributed by atoms with Gasteiger partial charge in [-0.15, -0.1) is 0 Å². The minimum absolute atomic E-state index is 0.171. The number of hydrogen-bond donors (Lipinski definition) is 3. The lowest BCUT2D eigenvalue weighted by Gasteiger charge is -2.24. The van der Waals surface area contributed by atoms with Gasteiger partial charge in [0.1, 0.15) is 6.04 Å². The van der Waals surface area contributed by atoms with Crippen molar-refractivity contribution in [2.24, 2.45) is 5.92 Å². The van der Waals surface area contributed by atoms with Gasteiger partial charge in [-0.1, -0.05) is 44.5 Å². The molecule has 1 aromatic heterocycles. The summed E-state index contributed by atoms with van der Waals surface area (Å²) in [5.74, 6) is -0.456. The van der Waals surface area contributed by atoms with Crippen LogP contribution >= 0.6 is 0 Å². The molecule has 0 saturated carbocycles. The van der Waals surface area contributed by atoms with Gasteiger partial charge in [0, 0.05) is 44.1 Å². The van der Waals surface area contributed by atoms with Gasteiger partial charge in [0.15, 0.2) is 0 Å². The Morgan fingerprint density at radius 3 is 2.37 bits per heavy atom.